The van der Waals surface area contributed by atoms with E-state index in [1.54, 1.807) is 0 Å². The van der Waals surface area contributed by atoms with Gasteiger partial charge in [0.15, 0.2) is 0 Å². The van der Waals surface area contributed by atoms with Crippen LogP contribution in [0.3, 0.4) is 0 Å². The molecule has 2 amide bonds. The van der Waals surface area contributed by atoms with Crippen molar-refractivity contribution < 1.29 is 9.90 Å². The number of hydrogen-bond acceptors (Lipinski definition) is 2. The molecule has 0 fully saturated rings. The monoisotopic (exact) mass is 260 g/mol. The van der Waals surface area contributed by atoms with Crippen molar-refractivity contribution in [2.24, 2.45) is 0 Å². The summed E-state index contributed by atoms with van der Waals surface area (Å²) in [6.07, 6.45) is 5.93. The van der Waals surface area contributed by atoms with Crippen LogP contribution in [-0.4, -0.2) is 23.7 Å². The topological polar surface area (TPSA) is 61.4 Å². The average Bonchev–Trinajstić information content (AvgIpc) is 2.92. The number of nitrogens with one attached hydrogen (secondary N) is 2. The Bertz CT molecular complexity index is 423. The van der Waals surface area contributed by atoms with Gasteiger partial charge in [0.25, 0.3) is 0 Å². The molecule has 0 saturated carbocycles. The van der Waals surface area contributed by atoms with Gasteiger partial charge in [0.05, 0.1) is 6.10 Å². The van der Waals surface area contributed by atoms with Crippen LogP contribution < -0.4 is 10.6 Å². The fourth-order valence-corrected chi connectivity index (χ4v) is 2.14. The third-order valence-corrected chi connectivity index (χ3v) is 3.23. The molecule has 0 saturated heterocycles. The molecule has 1 atom stereocenters. The molecule has 3 N–H and O–H groups in total. The molecule has 4 nitrogen and oxygen atoms in total. The molecular formula is C15H20N2O2. The second kappa shape index (κ2) is 6.95. The van der Waals surface area contributed by atoms with Crippen molar-refractivity contribution >= 4 is 6.03 Å². The van der Waals surface area contributed by atoms with Crippen LogP contribution in [-0.2, 0) is 0 Å². The predicted octanol–water partition coefficient (Wildman–Crippen LogP) is 2.13. The fraction of sp³-hybridized carbons (Fsp3) is 0.400. The van der Waals surface area contributed by atoms with Crippen LogP contribution in [0.2, 0.25) is 0 Å². The van der Waals surface area contributed by atoms with E-state index in [2.05, 4.69) is 22.8 Å². The summed E-state index contributed by atoms with van der Waals surface area (Å²) < 4.78 is 0. The van der Waals surface area contributed by atoms with Gasteiger partial charge in [-0.1, -0.05) is 42.5 Å². The van der Waals surface area contributed by atoms with Gasteiger partial charge in [0, 0.05) is 12.6 Å². The summed E-state index contributed by atoms with van der Waals surface area (Å²) in [7, 11) is 0. The number of aliphatic hydroxyl groups is 1. The van der Waals surface area contributed by atoms with Gasteiger partial charge in [0.1, 0.15) is 0 Å². The highest BCUT2D eigenvalue weighted by Crippen LogP contribution is 2.14. The van der Waals surface area contributed by atoms with Crippen molar-refractivity contribution in [2.45, 2.75) is 31.4 Å². The van der Waals surface area contributed by atoms with Crippen LogP contribution in [0, 0.1) is 0 Å². The third-order valence-electron chi connectivity index (χ3n) is 3.23. The van der Waals surface area contributed by atoms with Gasteiger partial charge in [-0.15, -0.1) is 0 Å². The van der Waals surface area contributed by atoms with Crippen LogP contribution in [0.4, 0.5) is 4.79 Å². The van der Waals surface area contributed by atoms with Crippen LogP contribution in [0.25, 0.3) is 0 Å². The fourth-order valence-electron chi connectivity index (χ4n) is 2.14. The summed E-state index contributed by atoms with van der Waals surface area (Å²) in [4.78, 5) is 11.6. The third kappa shape index (κ3) is 4.41. The van der Waals surface area contributed by atoms with E-state index in [4.69, 9.17) is 0 Å². The highest BCUT2D eigenvalue weighted by Gasteiger charge is 2.13. The molecule has 0 aliphatic heterocycles. The van der Waals surface area contributed by atoms with E-state index in [0.717, 1.165) is 18.4 Å². The van der Waals surface area contributed by atoms with E-state index < -0.39 is 6.10 Å². The van der Waals surface area contributed by atoms with Crippen molar-refractivity contribution in [1.29, 1.82) is 0 Å². The maximum atomic E-state index is 11.6. The average molecular weight is 260 g/mol. The molecule has 1 aliphatic rings. The SMILES string of the molecule is O=C(NCCC(O)c1ccccc1)NC1CC=CC1. The van der Waals surface area contributed by atoms with E-state index in [1.165, 1.54) is 0 Å². The summed E-state index contributed by atoms with van der Waals surface area (Å²) >= 11 is 0. The Morgan fingerprint density at radius 2 is 1.95 bits per heavy atom. The molecule has 0 heterocycles. The molecule has 0 radical (unpaired) electrons. The van der Waals surface area contributed by atoms with Crippen LogP contribution in [0.15, 0.2) is 42.5 Å². The largest absolute Gasteiger partial charge is 0.388 e. The standard InChI is InChI=1S/C15H20N2O2/c18-14(12-6-2-1-3-7-12)10-11-16-15(19)17-13-8-4-5-9-13/h1-7,13-14,18H,8-11H2,(H2,16,17,19). The van der Waals surface area contributed by atoms with Gasteiger partial charge < -0.3 is 15.7 Å². The summed E-state index contributed by atoms with van der Waals surface area (Å²) in [5.74, 6) is 0. The number of carbonyl (C=O) groups excluding carboxylic acids is 1. The second-order valence-electron chi connectivity index (χ2n) is 4.76. The number of hydrogen-bond donors (Lipinski definition) is 3. The van der Waals surface area contributed by atoms with Gasteiger partial charge in [-0.05, 0) is 24.8 Å². The Hall–Kier alpha value is -1.81. The number of benzene rings is 1. The summed E-state index contributed by atoms with van der Waals surface area (Å²) in [6, 6.07) is 9.53. The molecule has 1 unspecified atom stereocenters. The lowest BCUT2D eigenvalue weighted by atomic mass is 10.1. The number of urea groups is 1. The minimum absolute atomic E-state index is 0.158. The number of amides is 2. The first-order valence-corrected chi connectivity index (χ1v) is 6.68. The van der Waals surface area contributed by atoms with Crippen molar-refractivity contribution in [1.82, 2.24) is 10.6 Å². The van der Waals surface area contributed by atoms with Crippen LogP contribution in [0.1, 0.15) is 30.9 Å². The van der Waals surface area contributed by atoms with E-state index in [9.17, 15) is 9.90 Å². The molecule has 0 aromatic heterocycles. The highest BCUT2D eigenvalue weighted by atomic mass is 16.3. The lowest BCUT2D eigenvalue weighted by Gasteiger charge is -2.14. The minimum Gasteiger partial charge on any atom is -0.388 e. The van der Waals surface area contributed by atoms with Crippen molar-refractivity contribution in [3.05, 3.63) is 48.0 Å². The molecular weight excluding hydrogens is 240 g/mol. The molecule has 1 aromatic rings. The van der Waals surface area contributed by atoms with Crippen LogP contribution in [0.5, 0.6) is 0 Å². The molecule has 4 heteroatoms. The maximum Gasteiger partial charge on any atom is 0.315 e. The molecule has 1 aliphatic carbocycles. The number of aliphatic hydroxyl groups excluding tert-OH is 1. The van der Waals surface area contributed by atoms with Gasteiger partial charge >= 0.3 is 6.03 Å². The zero-order valence-electron chi connectivity index (χ0n) is 10.9. The van der Waals surface area contributed by atoms with E-state index in [0.29, 0.717) is 13.0 Å². The molecule has 102 valence electrons. The second-order valence-corrected chi connectivity index (χ2v) is 4.76. The first-order chi connectivity index (χ1) is 9.25. The van der Waals surface area contributed by atoms with Crippen LogP contribution >= 0.6 is 0 Å². The highest BCUT2D eigenvalue weighted by molar-refractivity contribution is 5.74. The lowest BCUT2D eigenvalue weighted by molar-refractivity contribution is 0.166. The Balaban J connectivity index is 1.64. The zero-order chi connectivity index (χ0) is 13.5. The molecule has 1 aromatic carbocycles. The Morgan fingerprint density at radius 3 is 2.63 bits per heavy atom. The maximum absolute atomic E-state index is 11.6. The molecule has 2 rings (SSSR count). The van der Waals surface area contributed by atoms with Gasteiger partial charge in [-0.2, -0.15) is 0 Å². The molecule has 0 spiro atoms. The smallest absolute Gasteiger partial charge is 0.315 e. The number of carbonyl (C=O) groups is 1. The quantitative estimate of drug-likeness (QED) is 0.710. The van der Waals surface area contributed by atoms with Crippen molar-refractivity contribution in [3.8, 4) is 0 Å². The molecule has 19 heavy (non-hydrogen) atoms. The lowest BCUT2D eigenvalue weighted by Crippen LogP contribution is -2.41. The van der Waals surface area contributed by atoms with Gasteiger partial charge in [-0.3, -0.25) is 0 Å². The normalized spacial score (nSPS) is 16.3. The Kier molecular flexibility index (Phi) is 4.98. The van der Waals surface area contributed by atoms with E-state index >= 15 is 0 Å². The van der Waals surface area contributed by atoms with Gasteiger partial charge in [-0.25, -0.2) is 4.79 Å². The Morgan fingerprint density at radius 1 is 1.26 bits per heavy atom. The summed E-state index contributed by atoms with van der Waals surface area (Å²) in [5.41, 5.74) is 0.879. The predicted molar refractivity (Wildman–Crippen MR) is 74.7 cm³/mol. The summed E-state index contributed by atoms with van der Waals surface area (Å²) in [6.45, 7) is 0.460. The first-order valence-electron chi connectivity index (χ1n) is 6.68. The Labute approximate surface area is 113 Å². The number of rotatable bonds is 5. The van der Waals surface area contributed by atoms with E-state index in [1.807, 2.05) is 30.3 Å². The molecule has 0 bridgehead atoms. The summed E-state index contributed by atoms with van der Waals surface area (Å²) in [5, 5.41) is 15.6. The first kappa shape index (κ1) is 13.6. The van der Waals surface area contributed by atoms with Crippen molar-refractivity contribution in [3.63, 3.8) is 0 Å². The minimum atomic E-state index is -0.533. The zero-order valence-corrected chi connectivity index (χ0v) is 10.9. The van der Waals surface area contributed by atoms with Gasteiger partial charge in [0.2, 0.25) is 0 Å². The van der Waals surface area contributed by atoms with Crippen molar-refractivity contribution in [2.75, 3.05) is 6.54 Å². The van der Waals surface area contributed by atoms with E-state index in [-0.39, 0.29) is 12.1 Å².